The Bertz CT molecular complexity index is 408. The van der Waals surface area contributed by atoms with Gasteiger partial charge in [0, 0.05) is 24.6 Å². The monoisotopic (exact) mass is 235 g/mol. The second-order valence-corrected chi connectivity index (χ2v) is 4.29. The van der Waals surface area contributed by atoms with E-state index >= 15 is 0 Å². The number of carbonyl (C=O) groups excluding carboxylic acids is 1. The Labute approximate surface area is 100 Å². The number of aliphatic hydroxyl groups excluding tert-OH is 1. The standard InChI is InChI=1S/C12H17N3O2/c13-11-4-5-14-7-10(11)12(17)15-6-2-1-3-9(15)8-16/h4-5,7,9,16H,1-3,6,8H2,(H2,13,14). The molecule has 1 aliphatic heterocycles. The van der Waals surface area contributed by atoms with Gasteiger partial charge in [0.15, 0.2) is 0 Å². The van der Waals surface area contributed by atoms with E-state index in [2.05, 4.69) is 4.98 Å². The van der Waals surface area contributed by atoms with Crippen molar-refractivity contribution in [3.05, 3.63) is 24.0 Å². The van der Waals surface area contributed by atoms with Crippen molar-refractivity contribution in [3.63, 3.8) is 0 Å². The quantitative estimate of drug-likeness (QED) is 0.788. The van der Waals surface area contributed by atoms with E-state index in [1.54, 1.807) is 17.2 Å². The summed E-state index contributed by atoms with van der Waals surface area (Å²) >= 11 is 0. The third-order valence-corrected chi connectivity index (χ3v) is 3.18. The van der Waals surface area contributed by atoms with E-state index in [0.717, 1.165) is 19.3 Å². The molecule has 2 heterocycles. The van der Waals surface area contributed by atoms with Crippen molar-refractivity contribution in [1.82, 2.24) is 9.88 Å². The molecule has 2 rings (SSSR count). The molecular weight excluding hydrogens is 218 g/mol. The molecule has 5 heteroatoms. The number of aliphatic hydroxyl groups is 1. The number of rotatable bonds is 2. The summed E-state index contributed by atoms with van der Waals surface area (Å²) < 4.78 is 0. The molecule has 92 valence electrons. The molecule has 1 atom stereocenters. The van der Waals surface area contributed by atoms with E-state index in [1.807, 2.05) is 0 Å². The second-order valence-electron chi connectivity index (χ2n) is 4.29. The number of hydrogen-bond donors (Lipinski definition) is 2. The molecule has 1 aliphatic rings. The Morgan fingerprint density at radius 3 is 3.12 bits per heavy atom. The van der Waals surface area contributed by atoms with Gasteiger partial charge in [0.2, 0.25) is 0 Å². The summed E-state index contributed by atoms with van der Waals surface area (Å²) in [6.07, 6.45) is 5.93. The maximum Gasteiger partial charge on any atom is 0.257 e. The van der Waals surface area contributed by atoms with E-state index in [1.165, 1.54) is 6.20 Å². The van der Waals surface area contributed by atoms with E-state index in [-0.39, 0.29) is 18.6 Å². The van der Waals surface area contributed by atoms with Gasteiger partial charge in [-0.05, 0) is 25.3 Å². The molecule has 0 spiro atoms. The number of carbonyl (C=O) groups is 1. The number of nitrogens with two attached hydrogens (primary N) is 1. The molecule has 0 aliphatic carbocycles. The third-order valence-electron chi connectivity index (χ3n) is 3.18. The second kappa shape index (κ2) is 5.14. The summed E-state index contributed by atoms with van der Waals surface area (Å²) in [5.74, 6) is -0.130. The Morgan fingerprint density at radius 2 is 2.41 bits per heavy atom. The zero-order valence-electron chi connectivity index (χ0n) is 9.67. The summed E-state index contributed by atoms with van der Waals surface area (Å²) in [4.78, 5) is 17.9. The predicted molar refractivity (Wildman–Crippen MR) is 64.4 cm³/mol. The van der Waals surface area contributed by atoms with Crippen LogP contribution >= 0.6 is 0 Å². The van der Waals surface area contributed by atoms with Crippen molar-refractivity contribution in [1.29, 1.82) is 0 Å². The van der Waals surface area contributed by atoms with Gasteiger partial charge in [-0.15, -0.1) is 0 Å². The van der Waals surface area contributed by atoms with E-state index in [4.69, 9.17) is 5.73 Å². The first-order chi connectivity index (χ1) is 8.24. The molecule has 0 radical (unpaired) electrons. The lowest BCUT2D eigenvalue weighted by Gasteiger charge is -2.34. The van der Waals surface area contributed by atoms with Crippen LogP contribution in [0.2, 0.25) is 0 Å². The minimum absolute atomic E-state index is 0.00586. The van der Waals surface area contributed by atoms with Crippen LogP contribution in [-0.4, -0.2) is 40.1 Å². The molecule has 5 nitrogen and oxygen atoms in total. The van der Waals surface area contributed by atoms with Crippen molar-refractivity contribution in [2.24, 2.45) is 0 Å². The number of pyridine rings is 1. The Morgan fingerprint density at radius 1 is 1.59 bits per heavy atom. The van der Waals surface area contributed by atoms with Crippen molar-refractivity contribution in [2.45, 2.75) is 25.3 Å². The number of piperidine rings is 1. The van der Waals surface area contributed by atoms with Gasteiger partial charge in [-0.3, -0.25) is 9.78 Å². The first kappa shape index (κ1) is 11.9. The van der Waals surface area contributed by atoms with Gasteiger partial charge < -0.3 is 15.7 Å². The summed E-state index contributed by atoms with van der Waals surface area (Å²) in [6, 6.07) is 1.53. The zero-order valence-corrected chi connectivity index (χ0v) is 9.67. The zero-order chi connectivity index (χ0) is 12.3. The van der Waals surface area contributed by atoms with E-state index in [0.29, 0.717) is 17.8 Å². The van der Waals surface area contributed by atoms with Crippen molar-refractivity contribution < 1.29 is 9.90 Å². The molecule has 3 N–H and O–H groups in total. The van der Waals surface area contributed by atoms with Gasteiger partial charge in [0.05, 0.1) is 18.2 Å². The molecule has 0 saturated carbocycles. The first-order valence-corrected chi connectivity index (χ1v) is 5.85. The number of anilines is 1. The summed E-state index contributed by atoms with van der Waals surface area (Å²) in [7, 11) is 0. The maximum absolute atomic E-state index is 12.3. The van der Waals surface area contributed by atoms with Crippen LogP contribution in [0.3, 0.4) is 0 Å². The molecule has 1 unspecified atom stereocenters. The highest BCUT2D eigenvalue weighted by molar-refractivity contribution is 5.98. The number of likely N-dealkylation sites (tertiary alicyclic amines) is 1. The van der Waals surface area contributed by atoms with Crippen molar-refractivity contribution >= 4 is 11.6 Å². The minimum atomic E-state index is -0.130. The topological polar surface area (TPSA) is 79.5 Å². The van der Waals surface area contributed by atoms with Gasteiger partial charge in [0.1, 0.15) is 0 Å². The molecule has 1 aromatic heterocycles. The molecule has 1 aromatic rings. The molecule has 0 aromatic carbocycles. The van der Waals surface area contributed by atoms with E-state index < -0.39 is 0 Å². The van der Waals surface area contributed by atoms with Gasteiger partial charge in [-0.25, -0.2) is 0 Å². The largest absolute Gasteiger partial charge is 0.398 e. The lowest BCUT2D eigenvalue weighted by Crippen LogP contribution is -2.45. The smallest absolute Gasteiger partial charge is 0.257 e. The number of hydrogen-bond acceptors (Lipinski definition) is 4. The third kappa shape index (κ3) is 2.39. The Kier molecular flexibility index (Phi) is 3.58. The van der Waals surface area contributed by atoms with Crippen LogP contribution in [-0.2, 0) is 0 Å². The van der Waals surface area contributed by atoms with E-state index in [9.17, 15) is 9.90 Å². The lowest BCUT2D eigenvalue weighted by molar-refractivity contribution is 0.0503. The highest BCUT2D eigenvalue weighted by atomic mass is 16.3. The van der Waals surface area contributed by atoms with Gasteiger partial charge >= 0.3 is 0 Å². The molecular formula is C12H17N3O2. The number of amides is 1. The highest BCUT2D eigenvalue weighted by Gasteiger charge is 2.27. The van der Waals surface area contributed by atoms with Crippen LogP contribution in [0.15, 0.2) is 18.5 Å². The van der Waals surface area contributed by atoms with Crippen LogP contribution in [0.25, 0.3) is 0 Å². The predicted octanol–water partition coefficient (Wildman–Crippen LogP) is 0.651. The highest BCUT2D eigenvalue weighted by Crippen LogP contribution is 2.21. The normalized spacial score (nSPS) is 20.3. The van der Waals surface area contributed by atoms with Crippen LogP contribution in [0.4, 0.5) is 5.69 Å². The molecule has 0 bridgehead atoms. The lowest BCUT2D eigenvalue weighted by atomic mass is 10.0. The average molecular weight is 235 g/mol. The fraction of sp³-hybridized carbons (Fsp3) is 0.500. The number of nitrogens with zero attached hydrogens (tertiary/aromatic N) is 2. The van der Waals surface area contributed by atoms with Crippen LogP contribution in [0, 0.1) is 0 Å². The Hall–Kier alpha value is -1.62. The molecule has 1 amide bonds. The van der Waals surface area contributed by atoms with Crippen LogP contribution in [0.1, 0.15) is 29.6 Å². The van der Waals surface area contributed by atoms with Gasteiger partial charge in [-0.1, -0.05) is 0 Å². The SMILES string of the molecule is Nc1ccncc1C(=O)N1CCCCC1CO. The fourth-order valence-electron chi connectivity index (χ4n) is 2.20. The Balaban J connectivity index is 2.21. The van der Waals surface area contributed by atoms with Gasteiger partial charge in [0.25, 0.3) is 5.91 Å². The van der Waals surface area contributed by atoms with Crippen LogP contribution < -0.4 is 5.73 Å². The number of nitrogen functional groups attached to an aromatic ring is 1. The van der Waals surface area contributed by atoms with Crippen molar-refractivity contribution in [3.8, 4) is 0 Å². The molecule has 1 fully saturated rings. The summed E-state index contributed by atoms with van der Waals surface area (Å²) in [5.41, 5.74) is 6.63. The van der Waals surface area contributed by atoms with Crippen LogP contribution in [0.5, 0.6) is 0 Å². The van der Waals surface area contributed by atoms with Crippen molar-refractivity contribution in [2.75, 3.05) is 18.9 Å². The fourth-order valence-corrected chi connectivity index (χ4v) is 2.20. The molecule has 1 saturated heterocycles. The maximum atomic E-state index is 12.3. The number of aromatic nitrogens is 1. The molecule has 17 heavy (non-hydrogen) atoms. The summed E-state index contributed by atoms with van der Waals surface area (Å²) in [5, 5.41) is 9.29. The van der Waals surface area contributed by atoms with Gasteiger partial charge in [-0.2, -0.15) is 0 Å². The minimum Gasteiger partial charge on any atom is -0.398 e. The average Bonchev–Trinajstić information content (AvgIpc) is 2.38. The first-order valence-electron chi connectivity index (χ1n) is 5.85. The summed E-state index contributed by atoms with van der Waals surface area (Å²) in [6.45, 7) is 0.685.